The summed E-state index contributed by atoms with van der Waals surface area (Å²) in [6.07, 6.45) is 7.04. The molecule has 1 saturated heterocycles. The lowest BCUT2D eigenvalue weighted by molar-refractivity contribution is -0.150. The number of aliphatic imine (C=N–C) groups is 3. The van der Waals surface area contributed by atoms with Crippen LogP contribution in [0.1, 0.15) is 219 Å². The number of ether oxygens (including phenoxy) is 7. The largest absolute Gasteiger partial charge is 0.466 e. The fourth-order valence-electron chi connectivity index (χ4n) is 13.7. The minimum absolute atomic E-state index is 0.0119. The van der Waals surface area contributed by atoms with Gasteiger partial charge in [-0.3, -0.25) is 48.5 Å². The molecule has 0 spiro atoms. The fraction of sp³-hybridized carbons (Fsp3) is 0.758. The maximum absolute atomic E-state index is 14.7. The normalized spacial score (nSPS) is 28.4. The number of nitrogens with one attached hydrogen (secondary N) is 1. The smallest absolute Gasteiger partial charge is 0.306 e. The molecule has 0 aromatic heterocycles. The molecular weight excluding hydrogens is 1070 g/mol. The summed E-state index contributed by atoms with van der Waals surface area (Å²) in [7, 11) is 0. The van der Waals surface area contributed by atoms with Gasteiger partial charge in [0.05, 0.1) is 77.1 Å². The molecular formula is C66H102N4O14. The number of carbonyl (C=O) groups is 7. The molecule has 9 atom stereocenters. The van der Waals surface area contributed by atoms with E-state index in [0.29, 0.717) is 96.7 Å². The third kappa shape index (κ3) is 15.5. The number of carbonyl (C=O) groups excluding carboxylic acids is 7. The quantitative estimate of drug-likeness (QED) is 0.0487. The topological polar surface area (TPSA) is 233 Å². The minimum atomic E-state index is -1.39. The molecule has 5 aliphatic rings. The predicted octanol–water partition coefficient (Wildman–Crippen LogP) is 12.0. The van der Waals surface area contributed by atoms with Crippen LogP contribution in [0.3, 0.4) is 0 Å². The Morgan fingerprint density at radius 3 is 1.43 bits per heavy atom. The SMILES string of the molecule is CCCOC(=O)CC[C@@H]1C2=C(C)C3=NC([C@H](CC(=O)OCCC)[C@@]3(C)CCC(=O)OCCC)[C@]3(C)N=C(/C(C)=C4\NC(=CC(=N2)C1(C)C)[C@@H](CCC(=O)OCCC)[C@]4(C)CC(=O)OCCC)[C@@H](CCC(=O)OCCC)[C@]3(C)CC(=O)OCCC. The molecule has 0 aliphatic carbocycles. The summed E-state index contributed by atoms with van der Waals surface area (Å²) in [5, 5.41) is 3.86. The third-order valence-electron chi connectivity index (χ3n) is 18.5. The maximum atomic E-state index is 14.7. The van der Waals surface area contributed by atoms with Gasteiger partial charge in [0, 0.05) is 105 Å². The van der Waals surface area contributed by atoms with Gasteiger partial charge in [0.15, 0.2) is 0 Å². The molecule has 470 valence electrons. The molecule has 84 heavy (non-hydrogen) atoms. The van der Waals surface area contributed by atoms with Crippen molar-refractivity contribution in [1.82, 2.24) is 5.32 Å². The van der Waals surface area contributed by atoms with Crippen LogP contribution in [0.5, 0.6) is 0 Å². The number of hydrogen-bond acceptors (Lipinski definition) is 18. The monoisotopic (exact) mass is 1170 g/mol. The molecule has 5 heterocycles. The van der Waals surface area contributed by atoms with Crippen molar-refractivity contribution < 1.29 is 66.7 Å². The highest BCUT2D eigenvalue weighted by Crippen LogP contribution is 2.63. The van der Waals surface area contributed by atoms with Crippen LogP contribution < -0.4 is 5.32 Å². The van der Waals surface area contributed by atoms with Crippen LogP contribution >= 0.6 is 0 Å². The molecule has 0 aromatic rings. The lowest BCUT2D eigenvalue weighted by Gasteiger charge is -2.48. The molecule has 1 N–H and O–H groups in total. The fourth-order valence-corrected chi connectivity index (χ4v) is 13.7. The van der Waals surface area contributed by atoms with Gasteiger partial charge in [-0.1, -0.05) is 83.1 Å². The van der Waals surface area contributed by atoms with Crippen molar-refractivity contribution in [3.05, 3.63) is 34.3 Å². The second kappa shape index (κ2) is 30.6. The second-order valence-corrected chi connectivity index (χ2v) is 25.3. The summed E-state index contributed by atoms with van der Waals surface area (Å²) in [6, 6.07) is -0.893. The van der Waals surface area contributed by atoms with Crippen molar-refractivity contribution in [2.45, 2.75) is 231 Å². The van der Waals surface area contributed by atoms with E-state index in [0.717, 1.165) is 0 Å². The van der Waals surface area contributed by atoms with Crippen molar-refractivity contribution >= 4 is 58.9 Å². The molecule has 0 radical (unpaired) electrons. The summed E-state index contributed by atoms with van der Waals surface area (Å²) < 4.78 is 40.6. The lowest BCUT2D eigenvalue weighted by atomic mass is 9.55. The van der Waals surface area contributed by atoms with Crippen molar-refractivity contribution in [2.75, 3.05) is 46.2 Å². The predicted molar refractivity (Wildman–Crippen MR) is 323 cm³/mol. The summed E-state index contributed by atoms with van der Waals surface area (Å²) >= 11 is 0. The third-order valence-corrected chi connectivity index (χ3v) is 18.5. The Labute approximate surface area is 501 Å². The highest BCUT2D eigenvalue weighted by molar-refractivity contribution is 6.10. The van der Waals surface area contributed by atoms with Gasteiger partial charge in [-0.15, -0.1) is 0 Å². The summed E-state index contributed by atoms with van der Waals surface area (Å²) in [4.78, 5) is 116. The molecule has 5 rings (SSSR count). The average Bonchev–Trinajstić information content (AvgIpc) is 3.94. The molecule has 5 aliphatic heterocycles. The van der Waals surface area contributed by atoms with Crippen molar-refractivity contribution in [3.63, 3.8) is 0 Å². The van der Waals surface area contributed by atoms with E-state index in [1.807, 2.05) is 96.1 Å². The Balaban J connectivity index is 2.03. The van der Waals surface area contributed by atoms with Gasteiger partial charge in [0.2, 0.25) is 0 Å². The molecule has 0 saturated carbocycles. The molecule has 8 bridgehead atoms. The first-order valence-corrected chi connectivity index (χ1v) is 31.6. The standard InChI is InChI=1S/C66H102N4O14/c1-16-31-78-50(71)26-23-44-48-39-49-62(10,11)45(24-27-51(72)79-32-17-2)57(68-49)42(8)59-63(12,30-29-53(74)81-34-19-4)47(38-54(75)82-35-20-5)61(69-59)66(15)65(14,41-56(77)84-37-22-7)46(25-28-52(73)80-33-18-3)58(70-66)43(9)60(67-48)64(44,13)40-55(76)83-36-21-6/h39,44-47,61,67H,16-38,40-41H2,1-15H3/b48-39?,57-42?,60-43-/t44-,45-,46-,47+,61?,63-,64+,65+,66+/m1/s1. The van der Waals surface area contributed by atoms with Gasteiger partial charge in [0.25, 0.3) is 0 Å². The number of nitrogens with zero attached hydrogens (tertiary/aromatic N) is 3. The number of fused-ring (bicyclic) bond motifs is 6. The van der Waals surface area contributed by atoms with Gasteiger partial charge >= 0.3 is 41.8 Å². The Kier molecular flexibility index (Phi) is 25.2. The molecule has 1 fully saturated rings. The minimum Gasteiger partial charge on any atom is -0.466 e. The van der Waals surface area contributed by atoms with Crippen molar-refractivity contribution in [3.8, 4) is 0 Å². The van der Waals surface area contributed by atoms with E-state index in [4.69, 9.17) is 48.1 Å². The first kappa shape index (κ1) is 69.1. The van der Waals surface area contributed by atoms with Crippen LogP contribution in [0.15, 0.2) is 49.3 Å². The maximum Gasteiger partial charge on any atom is 0.306 e. The van der Waals surface area contributed by atoms with Crippen LogP contribution in [-0.4, -0.2) is 117 Å². The highest BCUT2D eigenvalue weighted by atomic mass is 16.6. The number of allylic oxidation sites excluding steroid dienone is 6. The van der Waals surface area contributed by atoms with E-state index in [1.165, 1.54) is 0 Å². The zero-order chi connectivity index (χ0) is 62.2. The molecule has 18 nitrogen and oxygen atoms in total. The van der Waals surface area contributed by atoms with Gasteiger partial charge in [-0.25, -0.2) is 0 Å². The summed E-state index contributed by atoms with van der Waals surface area (Å²) in [5.41, 5.74) is -0.291. The Bertz CT molecular complexity index is 2590. The van der Waals surface area contributed by atoms with E-state index in [1.54, 1.807) is 0 Å². The Morgan fingerprint density at radius 1 is 0.512 bits per heavy atom. The summed E-state index contributed by atoms with van der Waals surface area (Å²) in [6.45, 7) is 31.3. The van der Waals surface area contributed by atoms with Gasteiger partial charge in [-0.05, 0) is 109 Å². The molecule has 0 aromatic carbocycles. The number of esters is 7. The zero-order valence-electron chi connectivity index (χ0n) is 53.7. The van der Waals surface area contributed by atoms with Crippen molar-refractivity contribution in [2.24, 2.45) is 60.3 Å². The molecule has 0 amide bonds. The average molecular weight is 1180 g/mol. The first-order valence-electron chi connectivity index (χ1n) is 31.6. The van der Waals surface area contributed by atoms with E-state index < -0.39 is 86.8 Å². The van der Waals surface area contributed by atoms with Crippen LogP contribution in [0.2, 0.25) is 0 Å². The summed E-state index contributed by atoms with van der Waals surface area (Å²) in [5.74, 6) is -5.21. The van der Waals surface area contributed by atoms with E-state index >= 15 is 0 Å². The van der Waals surface area contributed by atoms with Gasteiger partial charge in [-0.2, -0.15) is 0 Å². The van der Waals surface area contributed by atoms with Crippen LogP contribution in [-0.2, 0) is 66.7 Å². The highest BCUT2D eigenvalue weighted by Gasteiger charge is 2.67. The second-order valence-electron chi connectivity index (χ2n) is 25.3. The van der Waals surface area contributed by atoms with Crippen LogP contribution in [0.25, 0.3) is 0 Å². The molecule has 1 unspecified atom stereocenters. The van der Waals surface area contributed by atoms with Crippen LogP contribution in [0, 0.1) is 45.3 Å². The van der Waals surface area contributed by atoms with Crippen molar-refractivity contribution in [1.29, 1.82) is 0 Å². The number of rotatable bonds is 32. The number of hydrogen-bond donors (Lipinski definition) is 1. The van der Waals surface area contributed by atoms with Gasteiger partial charge in [0.1, 0.15) is 0 Å². The Morgan fingerprint density at radius 2 is 0.940 bits per heavy atom. The van der Waals surface area contributed by atoms with E-state index in [9.17, 15) is 33.6 Å². The first-order chi connectivity index (χ1) is 39.8. The Hall–Kier alpha value is -5.68. The zero-order valence-corrected chi connectivity index (χ0v) is 53.7. The van der Waals surface area contributed by atoms with E-state index in [2.05, 4.69) is 19.2 Å². The van der Waals surface area contributed by atoms with E-state index in [-0.39, 0.29) is 122 Å². The molecule has 18 heteroatoms. The van der Waals surface area contributed by atoms with Gasteiger partial charge < -0.3 is 38.5 Å². The lowest BCUT2D eigenvalue weighted by Crippen LogP contribution is -2.55. The van der Waals surface area contributed by atoms with Crippen LogP contribution in [0.4, 0.5) is 0 Å².